The molecule has 3 aromatic rings. The molecule has 130 valence electrons. The number of rotatable bonds is 4. The quantitative estimate of drug-likeness (QED) is 0.763. The Balaban J connectivity index is 1.94. The molecular weight excluding hydrogens is 359 g/mol. The molecule has 25 heavy (non-hydrogen) atoms. The standard InChI is InChI=1S/C15H10F3N3O3S/c16-15(17,18)9-3-1-8(2-4-9)5-11-13(24)19-14-21(20-11)10(7-25-14)6-12(22)23/h1-4,7H,5-6H2,(H,22,23). The van der Waals surface area contributed by atoms with E-state index in [2.05, 4.69) is 10.1 Å². The Morgan fingerprint density at radius 3 is 2.52 bits per heavy atom. The fraction of sp³-hybridized carbons (Fsp3) is 0.200. The zero-order valence-electron chi connectivity index (χ0n) is 12.4. The average molecular weight is 369 g/mol. The summed E-state index contributed by atoms with van der Waals surface area (Å²) < 4.78 is 39.0. The summed E-state index contributed by atoms with van der Waals surface area (Å²) in [6.07, 6.45) is -4.72. The van der Waals surface area contributed by atoms with Gasteiger partial charge in [-0.1, -0.05) is 12.1 Å². The second-order valence-electron chi connectivity index (χ2n) is 5.23. The van der Waals surface area contributed by atoms with Crippen LogP contribution >= 0.6 is 11.3 Å². The molecular formula is C15H10F3N3O3S. The van der Waals surface area contributed by atoms with Crippen molar-refractivity contribution in [3.63, 3.8) is 0 Å². The number of hydrogen-bond donors (Lipinski definition) is 1. The second-order valence-corrected chi connectivity index (χ2v) is 6.06. The van der Waals surface area contributed by atoms with Crippen LogP contribution in [0.15, 0.2) is 34.4 Å². The van der Waals surface area contributed by atoms with E-state index in [1.807, 2.05) is 0 Å². The summed E-state index contributed by atoms with van der Waals surface area (Å²) in [6.45, 7) is 0. The first-order valence-electron chi connectivity index (χ1n) is 6.98. The molecule has 0 bridgehead atoms. The van der Waals surface area contributed by atoms with E-state index in [0.717, 1.165) is 23.5 Å². The molecule has 0 aliphatic carbocycles. The number of aromatic nitrogens is 3. The SMILES string of the molecule is O=C(O)Cc1csc2nc(=O)c(Cc3ccc(C(F)(F)F)cc3)nn12. The Hall–Kier alpha value is -2.75. The highest BCUT2D eigenvalue weighted by Crippen LogP contribution is 2.29. The highest BCUT2D eigenvalue weighted by atomic mass is 32.1. The van der Waals surface area contributed by atoms with Crippen molar-refractivity contribution in [1.82, 2.24) is 14.6 Å². The summed E-state index contributed by atoms with van der Waals surface area (Å²) in [6, 6.07) is 4.40. The summed E-state index contributed by atoms with van der Waals surface area (Å²) in [7, 11) is 0. The first kappa shape index (κ1) is 17.1. The zero-order valence-corrected chi connectivity index (χ0v) is 13.3. The van der Waals surface area contributed by atoms with Crippen molar-refractivity contribution >= 4 is 22.3 Å². The molecule has 0 saturated heterocycles. The highest BCUT2D eigenvalue weighted by Gasteiger charge is 2.30. The van der Waals surface area contributed by atoms with E-state index in [4.69, 9.17) is 5.11 Å². The number of hydrogen-bond acceptors (Lipinski definition) is 5. The first-order chi connectivity index (χ1) is 11.7. The number of carboxylic acid groups (broad SMARTS) is 1. The van der Waals surface area contributed by atoms with Gasteiger partial charge in [0.2, 0.25) is 4.96 Å². The van der Waals surface area contributed by atoms with Crippen molar-refractivity contribution in [3.8, 4) is 0 Å². The van der Waals surface area contributed by atoms with Crippen molar-refractivity contribution in [2.75, 3.05) is 0 Å². The molecule has 0 spiro atoms. The lowest BCUT2D eigenvalue weighted by atomic mass is 10.1. The third kappa shape index (κ3) is 3.68. The molecule has 10 heteroatoms. The molecule has 6 nitrogen and oxygen atoms in total. The van der Waals surface area contributed by atoms with Gasteiger partial charge in [-0.2, -0.15) is 23.3 Å². The van der Waals surface area contributed by atoms with Gasteiger partial charge in [-0.3, -0.25) is 9.59 Å². The van der Waals surface area contributed by atoms with Crippen molar-refractivity contribution in [2.24, 2.45) is 0 Å². The lowest BCUT2D eigenvalue weighted by molar-refractivity contribution is -0.138. The summed E-state index contributed by atoms with van der Waals surface area (Å²) >= 11 is 1.09. The number of halogens is 3. The van der Waals surface area contributed by atoms with Gasteiger partial charge in [-0.05, 0) is 17.7 Å². The summed E-state index contributed by atoms with van der Waals surface area (Å²) in [5.74, 6) is -1.05. The van der Waals surface area contributed by atoms with Gasteiger partial charge < -0.3 is 5.11 Å². The zero-order chi connectivity index (χ0) is 18.2. The number of carbonyl (C=O) groups is 1. The van der Waals surface area contributed by atoms with Crippen LogP contribution in [0.3, 0.4) is 0 Å². The second kappa shape index (κ2) is 6.28. The Labute approximate surface area is 142 Å². The number of carboxylic acids is 1. The molecule has 1 aromatic carbocycles. The van der Waals surface area contributed by atoms with Crippen molar-refractivity contribution in [2.45, 2.75) is 19.0 Å². The maximum absolute atomic E-state index is 12.6. The Morgan fingerprint density at radius 1 is 1.24 bits per heavy atom. The van der Waals surface area contributed by atoms with Crippen LogP contribution in [0.2, 0.25) is 0 Å². The molecule has 3 rings (SSSR count). The minimum absolute atomic E-state index is 0.00469. The highest BCUT2D eigenvalue weighted by molar-refractivity contribution is 7.15. The average Bonchev–Trinajstić information content (AvgIpc) is 2.88. The van der Waals surface area contributed by atoms with E-state index in [-0.39, 0.29) is 23.5 Å². The van der Waals surface area contributed by atoms with Gasteiger partial charge in [0.25, 0.3) is 5.56 Å². The fourth-order valence-corrected chi connectivity index (χ4v) is 3.04. The van der Waals surface area contributed by atoms with Crippen LogP contribution in [0.4, 0.5) is 13.2 Å². The van der Waals surface area contributed by atoms with Gasteiger partial charge >= 0.3 is 12.1 Å². The van der Waals surface area contributed by atoms with Crippen molar-refractivity contribution < 1.29 is 23.1 Å². The molecule has 2 aromatic heterocycles. The lowest BCUT2D eigenvalue weighted by Crippen LogP contribution is -2.19. The molecule has 1 N–H and O–H groups in total. The van der Waals surface area contributed by atoms with Gasteiger partial charge in [0.15, 0.2) is 0 Å². The van der Waals surface area contributed by atoms with Gasteiger partial charge in [0, 0.05) is 11.8 Å². The van der Waals surface area contributed by atoms with Gasteiger partial charge in [0.05, 0.1) is 17.7 Å². The summed E-state index contributed by atoms with van der Waals surface area (Å²) in [4.78, 5) is 27.0. The number of thiazole rings is 1. The van der Waals surface area contributed by atoms with Gasteiger partial charge in [-0.15, -0.1) is 11.3 Å². The van der Waals surface area contributed by atoms with Crippen LogP contribution < -0.4 is 5.56 Å². The minimum Gasteiger partial charge on any atom is -0.481 e. The maximum atomic E-state index is 12.6. The van der Waals surface area contributed by atoms with Crippen LogP contribution in [0, 0.1) is 0 Å². The molecule has 0 atom stereocenters. The number of benzene rings is 1. The van der Waals surface area contributed by atoms with E-state index in [0.29, 0.717) is 11.3 Å². The van der Waals surface area contributed by atoms with Crippen LogP contribution in [0.1, 0.15) is 22.5 Å². The normalized spacial score (nSPS) is 11.8. The Kier molecular flexibility index (Phi) is 4.29. The fourth-order valence-electron chi connectivity index (χ4n) is 2.23. The molecule has 0 radical (unpaired) electrons. The molecule has 0 fully saturated rings. The Bertz CT molecular complexity index is 993. The topological polar surface area (TPSA) is 84.6 Å². The maximum Gasteiger partial charge on any atom is 0.416 e. The summed E-state index contributed by atoms with van der Waals surface area (Å²) in [5, 5.41) is 14.6. The van der Waals surface area contributed by atoms with E-state index < -0.39 is 23.3 Å². The predicted octanol–water partition coefficient (Wildman–Crippen LogP) is 2.39. The third-order valence-corrected chi connectivity index (χ3v) is 4.27. The van der Waals surface area contributed by atoms with Gasteiger partial charge in [-0.25, -0.2) is 4.52 Å². The number of alkyl halides is 3. The van der Waals surface area contributed by atoms with E-state index >= 15 is 0 Å². The molecule has 0 aliphatic rings. The predicted molar refractivity (Wildman–Crippen MR) is 82.7 cm³/mol. The number of fused-ring (bicyclic) bond motifs is 1. The van der Waals surface area contributed by atoms with Crippen molar-refractivity contribution in [3.05, 3.63) is 62.5 Å². The minimum atomic E-state index is -4.43. The largest absolute Gasteiger partial charge is 0.481 e. The van der Waals surface area contributed by atoms with E-state index in [9.17, 15) is 22.8 Å². The van der Waals surface area contributed by atoms with E-state index in [1.54, 1.807) is 5.38 Å². The van der Waals surface area contributed by atoms with Crippen LogP contribution in [-0.4, -0.2) is 25.7 Å². The summed E-state index contributed by atoms with van der Waals surface area (Å²) in [5.41, 5.74) is -0.509. The van der Waals surface area contributed by atoms with Crippen LogP contribution in [0.25, 0.3) is 4.96 Å². The molecule has 0 saturated carbocycles. The Morgan fingerprint density at radius 2 is 1.92 bits per heavy atom. The lowest BCUT2D eigenvalue weighted by Gasteiger charge is -2.07. The molecule has 0 unspecified atom stereocenters. The molecule has 2 heterocycles. The number of aliphatic carboxylic acids is 1. The van der Waals surface area contributed by atoms with Crippen LogP contribution in [0.5, 0.6) is 0 Å². The van der Waals surface area contributed by atoms with Crippen LogP contribution in [-0.2, 0) is 23.8 Å². The molecule has 0 amide bonds. The number of nitrogens with zero attached hydrogens (tertiary/aromatic N) is 3. The monoisotopic (exact) mass is 369 g/mol. The third-order valence-electron chi connectivity index (χ3n) is 3.40. The van der Waals surface area contributed by atoms with Gasteiger partial charge in [0.1, 0.15) is 5.69 Å². The van der Waals surface area contributed by atoms with E-state index in [1.165, 1.54) is 16.6 Å². The van der Waals surface area contributed by atoms with Crippen molar-refractivity contribution in [1.29, 1.82) is 0 Å². The first-order valence-corrected chi connectivity index (χ1v) is 7.86. The molecule has 0 aliphatic heterocycles. The smallest absolute Gasteiger partial charge is 0.416 e.